The topological polar surface area (TPSA) is 38.5 Å². The standard InChI is InChI=1S/C15H18N2OS/c16-10-12-2-1-3-13(8-12)15-9-14(11-19-15)17-4-6-18-7-5-17/h1-3,8-9,11H,4-7,10,16H2. The van der Waals surface area contributed by atoms with Crippen molar-refractivity contribution >= 4 is 17.0 Å². The summed E-state index contributed by atoms with van der Waals surface area (Å²) in [7, 11) is 0. The normalized spacial score (nSPS) is 15.7. The van der Waals surface area contributed by atoms with Gasteiger partial charge in [0.05, 0.1) is 13.2 Å². The molecule has 1 saturated heterocycles. The van der Waals surface area contributed by atoms with Gasteiger partial charge in [0.25, 0.3) is 0 Å². The molecule has 1 aromatic heterocycles. The minimum atomic E-state index is 0.593. The highest BCUT2D eigenvalue weighted by atomic mass is 32.1. The van der Waals surface area contributed by atoms with E-state index in [0.29, 0.717) is 6.54 Å². The third kappa shape index (κ3) is 2.81. The summed E-state index contributed by atoms with van der Waals surface area (Å²) >= 11 is 1.79. The van der Waals surface area contributed by atoms with E-state index < -0.39 is 0 Å². The molecule has 0 bridgehead atoms. The molecular formula is C15H18N2OS. The molecule has 0 saturated carbocycles. The second-order valence-corrected chi connectivity index (χ2v) is 5.58. The number of nitrogens with zero attached hydrogens (tertiary/aromatic N) is 1. The lowest BCUT2D eigenvalue weighted by Gasteiger charge is -2.27. The molecule has 0 radical (unpaired) electrons. The van der Waals surface area contributed by atoms with E-state index in [1.54, 1.807) is 11.3 Å². The van der Waals surface area contributed by atoms with Crippen LogP contribution in [0.4, 0.5) is 5.69 Å². The van der Waals surface area contributed by atoms with Crippen molar-refractivity contribution in [3.05, 3.63) is 41.3 Å². The maximum atomic E-state index is 5.70. The van der Waals surface area contributed by atoms with E-state index in [-0.39, 0.29) is 0 Å². The summed E-state index contributed by atoms with van der Waals surface area (Å²) in [6.07, 6.45) is 0. The highest BCUT2D eigenvalue weighted by molar-refractivity contribution is 7.14. The Hall–Kier alpha value is -1.36. The highest BCUT2D eigenvalue weighted by Gasteiger charge is 2.13. The van der Waals surface area contributed by atoms with Crippen molar-refractivity contribution in [3.8, 4) is 10.4 Å². The van der Waals surface area contributed by atoms with E-state index in [1.165, 1.54) is 21.7 Å². The number of hydrogen-bond donors (Lipinski definition) is 1. The van der Waals surface area contributed by atoms with Gasteiger partial charge in [-0.1, -0.05) is 18.2 Å². The first-order valence-electron chi connectivity index (χ1n) is 6.57. The summed E-state index contributed by atoms with van der Waals surface area (Å²) in [5, 5.41) is 2.23. The predicted molar refractivity (Wildman–Crippen MR) is 80.7 cm³/mol. The molecule has 2 aromatic rings. The molecule has 0 amide bonds. The van der Waals surface area contributed by atoms with Crippen LogP contribution >= 0.6 is 11.3 Å². The van der Waals surface area contributed by atoms with Gasteiger partial charge in [0.15, 0.2) is 0 Å². The molecule has 0 unspecified atom stereocenters. The van der Waals surface area contributed by atoms with Crippen molar-refractivity contribution < 1.29 is 4.74 Å². The largest absolute Gasteiger partial charge is 0.378 e. The van der Waals surface area contributed by atoms with Crippen LogP contribution in [-0.4, -0.2) is 26.3 Å². The molecular weight excluding hydrogens is 256 g/mol. The quantitative estimate of drug-likeness (QED) is 0.935. The molecule has 4 heteroatoms. The molecule has 1 aliphatic heterocycles. The number of rotatable bonds is 3. The molecule has 2 N–H and O–H groups in total. The number of nitrogens with two attached hydrogens (primary N) is 1. The average molecular weight is 274 g/mol. The predicted octanol–water partition coefficient (Wildman–Crippen LogP) is 2.71. The zero-order chi connectivity index (χ0) is 13.1. The number of anilines is 1. The van der Waals surface area contributed by atoms with Crippen molar-refractivity contribution in [1.29, 1.82) is 0 Å². The van der Waals surface area contributed by atoms with Crippen molar-refractivity contribution in [3.63, 3.8) is 0 Å². The molecule has 3 rings (SSSR count). The van der Waals surface area contributed by atoms with Gasteiger partial charge in [0, 0.05) is 35.6 Å². The van der Waals surface area contributed by atoms with Crippen LogP contribution in [0.2, 0.25) is 0 Å². The monoisotopic (exact) mass is 274 g/mol. The second-order valence-electron chi connectivity index (χ2n) is 4.67. The fourth-order valence-electron chi connectivity index (χ4n) is 2.32. The Morgan fingerprint density at radius 3 is 2.84 bits per heavy atom. The maximum absolute atomic E-state index is 5.70. The summed E-state index contributed by atoms with van der Waals surface area (Å²) in [4.78, 5) is 3.69. The number of benzene rings is 1. The summed E-state index contributed by atoms with van der Waals surface area (Å²) < 4.78 is 5.39. The molecule has 0 atom stereocenters. The molecule has 1 aliphatic rings. The van der Waals surface area contributed by atoms with Gasteiger partial charge < -0.3 is 15.4 Å². The Labute approximate surface area is 117 Å². The summed E-state index contributed by atoms with van der Waals surface area (Å²) in [5.74, 6) is 0. The zero-order valence-electron chi connectivity index (χ0n) is 10.8. The van der Waals surface area contributed by atoms with Gasteiger partial charge in [-0.3, -0.25) is 0 Å². The van der Waals surface area contributed by atoms with Crippen LogP contribution in [-0.2, 0) is 11.3 Å². The van der Waals surface area contributed by atoms with Crippen LogP contribution < -0.4 is 10.6 Å². The molecule has 1 fully saturated rings. The van der Waals surface area contributed by atoms with Gasteiger partial charge in [0.2, 0.25) is 0 Å². The highest BCUT2D eigenvalue weighted by Crippen LogP contribution is 2.32. The van der Waals surface area contributed by atoms with Gasteiger partial charge in [-0.05, 0) is 23.3 Å². The Balaban J connectivity index is 1.83. The molecule has 0 aliphatic carbocycles. The molecule has 1 aromatic carbocycles. The lowest BCUT2D eigenvalue weighted by molar-refractivity contribution is 0.123. The third-order valence-corrected chi connectivity index (χ3v) is 4.38. The van der Waals surface area contributed by atoms with Crippen LogP contribution in [0.1, 0.15) is 5.56 Å². The molecule has 2 heterocycles. The van der Waals surface area contributed by atoms with Gasteiger partial charge in [0.1, 0.15) is 0 Å². The Bertz CT molecular complexity index is 547. The minimum Gasteiger partial charge on any atom is -0.378 e. The van der Waals surface area contributed by atoms with E-state index in [2.05, 4.69) is 40.6 Å². The van der Waals surface area contributed by atoms with E-state index in [4.69, 9.17) is 10.5 Å². The summed E-state index contributed by atoms with van der Waals surface area (Å²) in [6, 6.07) is 10.7. The molecule has 19 heavy (non-hydrogen) atoms. The lowest BCUT2D eigenvalue weighted by Crippen LogP contribution is -2.35. The SMILES string of the molecule is NCc1cccc(-c2cc(N3CCOCC3)cs2)c1. The molecule has 3 nitrogen and oxygen atoms in total. The smallest absolute Gasteiger partial charge is 0.0642 e. The van der Waals surface area contributed by atoms with Crippen molar-refractivity contribution in [2.24, 2.45) is 5.73 Å². The van der Waals surface area contributed by atoms with Gasteiger partial charge in [-0.15, -0.1) is 11.3 Å². The number of ether oxygens (including phenoxy) is 1. The minimum absolute atomic E-state index is 0.593. The van der Waals surface area contributed by atoms with E-state index in [9.17, 15) is 0 Å². The summed E-state index contributed by atoms with van der Waals surface area (Å²) in [6.45, 7) is 4.22. The summed E-state index contributed by atoms with van der Waals surface area (Å²) in [5.41, 5.74) is 9.44. The second kappa shape index (κ2) is 5.74. The average Bonchev–Trinajstić information content (AvgIpc) is 2.98. The van der Waals surface area contributed by atoms with Crippen LogP contribution in [0.5, 0.6) is 0 Å². The fraction of sp³-hybridized carbons (Fsp3) is 0.333. The van der Waals surface area contributed by atoms with Gasteiger partial charge >= 0.3 is 0 Å². The van der Waals surface area contributed by atoms with Crippen molar-refractivity contribution in [1.82, 2.24) is 0 Å². The van der Waals surface area contributed by atoms with Crippen LogP contribution in [0.25, 0.3) is 10.4 Å². The first-order valence-corrected chi connectivity index (χ1v) is 7.45. The molecule has 0 spiro atoms. The van der Waals surface area contributed by atoms with Crippen LogP contribution in [0, 0.1) is 0 Å². The molecule has 100 valence electrons. The van der Waals surface area contributed by atoms with Crippen LogP contribution in [0.15, 0.2) is 35.7 Å². The first-order chi connectivity index (χ1) is 9.36. The van der Waals surface area contributed by atoms with E-state index in [1.807, 2.05) is 0 Å². The maximum Gasteiger partial charge on any atom is 0.0642 e. The lowest BCUT2D eigenvalue weighted by atomic mass is 10.1. The van der Waals surface area contributed by atoms with Crippen molar-refractivity contribution in [2.75, 3.05) is 31.2 Å². The number of hydrogen-bond acceptors (Lipinski definition) is 4. The van der Waals surface area contributed by atoms with Gasteiger partial charge in [-0.25, -0.2) is 0 Å². The Morgan fingerprint density at radius 2 is 2.05 bits per heavy atom. The zero-order valence-corrected chi connectivity index (χ0v) is 11.7. The fourth-order valence-corrected chi connectivity index (χ4v) is 3.23. The Kier molecular flexibility index (Phi) is 3.82. The van der Waals surface area contributed by atoms with Gasteiger partial charge in [-0.2, -0.15) is 0 Å². The van der Waals surface area contributed by atoms with Crippen LogP contribution in [0.3, 0.4) is 0 Å². The number of morpholine rings is 1. The Morgan fingerprint density at radius 1 is 1.21 bits per heavy atom. The van der Waals surface area contributed by atoms with E-state index >= 15 is 0 Å². The third-order valence-electron chi connectivity index (χ3n) is 3.41. The number of thiophene rings is 1. The first kappa shape index (κ1) is 12.7. The van der Waals surface area contributed by atoms with Crippen molar-refractivity contribution in [2.45, 2.75) is 6.54 Å². The van der Waals surface area contributed by atoms with E-state index in [0.717, 1.165) is 26.3 Å².